The molecule has 0 bridgehead atoms. The third-order valence-corrected chi connectivity index (χ3v) is 5.73. The van der Waals surface area contributed by atoms with Crippen LogP contribution in [0.3, 0.4) is 0 Å². The number of aromatic nitrogens is 2. The lowest BCUT2D eigenvalue weighted by molar-refractivity contribution is -0.00530. The molecule has 24 heavy (non-hydrogen) atoms. The monoisotopic (exact) mass is 329 g/mol. The Balaban J connectivity index is 1.70. The maximum atomic E-state index is 13.2. The first-order valence-corrected chi connectivity index (χ1v) is 8.71. The fraction of sp³-hybridized carbons (Fsp3) is 0.611. The Morgan fingerprint density at radius 3 is 2.92 bits per heavy atom. The number of aliphatic hydroxyl groups excluding tert-OH is 1. The molecule has 1 aliphatic heterocycles. The Morgan fingerprint density at radius 2 is 2.17 bits per heavy atom. The van der Waals surface area contributed by atoms with E-state index in [9.17, 15) is 9.90 Å². The van der Waals surface area contributed by atoms with Gasteiger partial charge in [-0.2, -0.15) is 0 Å². The number of aryl methyl sites for hydroxylation is 2. The van der Waals surface area contributed by atoms with E-state index in [2.05, 4.69) is 10.1 Å². The highest BCUT2D eigenvalue weighted by molar-refractivity contribution is 6.06. The molecule has 128 valence electrons. The summed E-state index contributed by atoms with van der Waals surface area (Å²) in [5.74, 6) is -0.00465. The van der Waals surface area contributed by atoms with Crippen molar-refractivity contribution in [1.29, 1.82) is 0 Å². The Labute approximate surface area is 140 Å². The molecule has 6 heteroatoms. The predicted molar refractivity (Wildman–Crippen MR) is 88.7 cm³/mol. The summed E-state index contributed by atoms with van der Waals surface area (Å²) < 4.78 is 5.25. The molecular weight excluding hydrogens is 306 g/mol. The summed E-state index contributed by atoms with van der Waals surface area (Å²) in [6, 6.07) is 1.82. The minimum absolute atomic E-state index is 0.00465. The molecule has 1 saturated carbocycles. The summed E-state index contributed by atoms with van der Waals surface area (Å²) in [6.45, 7) is 5.06. The van der Waals surface area contributed by atoms with Crippen molar-refractivity contribution in [2.45, 2.75) is 52.1 Å². The fourth-order valence-electron chi connectivity index (χ4n) is 4.49. The zero-order valence-electron chi connectivity index (χ0n) is 14.2. The van der Waals surface area contributed by atoms with Crippen LogP contribution in [0.15, 0.2) is 10.6 Å². The molecule has 3 heterocycles. The van der Waals surface area contributed by atoms with Gasteiger partial charge < -0.3 is 14.5 Å². The normalized spacial score (nSPS) is 27.3. The second-order valence-corrected chi connectivity index (χ2v) is 7.36. The Bertz CT molecular complexity index is 800. The van der Waals surface area contributed by atoms with Gasteiger partial charge in [0.15, 0.2) is 0 Å². The minimum atomic E-state index is -0.287. The minimum Gasteiger partial charge on any atom is -0.392 e. The molecule has 2 atom stereocenters. The van der Waals surface area contributed by atoms with E-state index in [0.717, 1.165) is 44.3 Å². The van der Waals surface area contributed by atoms with Gasteiger partial charge in [-0.15, -0.1) is 0 Å². The van der Waals surface area contributed by atoms with Crippen LogP contribution in [0.5, 0.6) is 0 Å². The number of hydrogen-bond donors (Lipinski definition) is 1. The van der Waals surface area contributed by atoms with Crippen molar-refractivity contribution in [3.8, 4) is 0 Å². The first kappa shape index (κ1) is 15.6. The summed E-state index contributed by atoms with van der Waals surface area (Å²) in [6.07, 6.45) is 4.57. The third-order valence-electron chi connectivity index (χ3n) is 5.73. The third kappa shape index (κ3) is 2.32. The Morgan fingerprint density at radius 1 is 1.38 bits per heavy atom. The van der Waals surface area contributed by atoms with Crippen LogP contribution in [0.4, 0.5) is 0 Å². The van der Waals surface area contributed by atoms with E-state index in [1.165, 1.54) is 0 Å². The Hall–Kier alpha value is -1.95. The predicted octanol–water partition coefficient (Wildman–Crippen LogP) is 2.61. The Kier molecular flexibility index (Phi) is 3.60. The second-order valence-electron chi connectivity index (χ2n) is 7.36. The van der Waals surface area contributed by atoms with Crippen LogP contribution in [0.1, 0.15) is 53.8 Å². The van der Waals surface area contributed by atoms with Gasteiger partial charge in [-0.05, 0) is 45.6 Å². The van der Waals surface area contributed by atoms with E-state index >= 15 is 0 Å². The number of aliphatic hydroxyl groups is 1. The highest BCUT2D eigenvalue weighted by Gasteiger charge is 2.45. The van der Waals surface area contributed by atoms with Gasteiger partial charge in [0.25, 0.3) is 11.6 Å². The van der Waals surface area contributed by atoms with Crippen molar-refractivity contribution in [3.63, 3.8) is 0 Å². The number of carbonyl (C=O) groups excluding carboxylic acids is 1. The number of fused-ring (bicyclic) bond motifs is 1. The average Bonchev–Trinajstić information content (AvgIpc) is 3.10. The van der Waals surface area contributed by atoms with Crippen LogP contribution < -0.4 is 0 Å². The summed E-state index contributed by atoms with van der Waals surface area (Å²) in [5, 5.41) is 15.1. The van der Waals surface area contributed by atoms with Crippen LogP contribution in [-0.4, -0.2) is 45.2 Å². The number of nitrogens with zero attached hydrogens (tertiary/aromatic N) is 3. The number of carbonyl (C=O) groups is 1. The molecule has 1 aliphatic carbocycles. The van der Waals surface area contributed by atoms with Gasteiger partial charge in [0.2, 0.25) is 0 Å². The van der Waals surface area contributed by atoms with Gasteiger partial charge in [0, 0.05) is 24.2 Å². The standard InChI is InChI=1S/C18H23N3O3/c1-11-9-13(15-12(2)20-24-16(15)19-11)17(23)21-8-4-7-18(10-21)6-3-5-14(18)22/h9,14,22H,3-8,10H2,1-2H3/t14-,18-/m1/s1. The lowest BCUT2D eigenvalue weighted by Crippen LogP contribution is -2.49. The maximum Gasteiger partial charge on any atom is 0.258 e. The van der Waals surface area contributed by atoms with Crippen molar-refractivity contribution < 1.29 is 14.4 Å². The van der Waals surface area contributed by atoms with Crippen molar-refractivity contribution in [2.24, 2.45) is 5.41 Å². The SMILES string of the molecule is Cc1cc(C(=O)N2CCC[C@]3(CCC[C@H]3O)C2)c2c(C)noc2n1. The van der Waals surface area contributed by atoms with Crippen LogP contribution in [0.2, 0.25) is 0 Å². The molecule has 2 fully saturated rings. The number of amides is 1. The molecule has 4 rings (SSSR count). The highest BCUT2D eigenvalue weighted by Crippen LogP contribution is 2.45. The van der Waals surface area contributed by atoms with E-state index in [1.54, 1.807) is 0 Å². The lowest BCUT2D eigenvalue weighted by Gasteiger charge is -2.42. The number of likely N-dealkylation sites (tertiary alicyclic amines) is 1. The van der Waals surface area contributed by atoms with E-state index in [1.807, 2.05) is 24.8 Å². The van der Waals surface area contributed by atoms with E-state index in [4.69, 9.17) is 4.52 Å². The number of pyridine rings is 1. The zero-order chi connectivity index (χ0) is 16.9. The fourth-order valence-corrected chi connectivity index (χ4v) is 4.49. The molecule has 6 nitrogen and oxygen atoms in total. The largest absolute Gasteiger partial charge is 0.392 e. The van der Waals surface area contributed by atoms with Crippen LogP contribution >= 0.6 is 0 Å². The summed E-state index contributed by atoms with van der Waals surface area (Å²) in [4.78, 5) is 19.4. The maximum absolute atomic E-state index is 13.2. The van der Waals surface area contributed by atoms with Crippen molar-refractivity contribution >= 4 is 17.0 Å². The lowest BCUT2D eigenvalue weighted by atomic mass is 9.76. The van der Waals surface area contributed by atoms with E-state index < -0.39 is 0 Å². The molecular formula is C18H23N3O3. The molecule has 1 saturated heterocycles. The molecule has 2 aromatic heterocycles. The second kappa shape index (κ2) is 5.55. The number of piperidine rings is 1. The van der Waals surface area contributed by atoms with Crippen LogP contribution in [0, 0.1) is 19.3 Å². The average molecular weight is 329 g/mol. The molecule has 0 radical (unpaired) electrons. The highest BCUT2D eigenvalue weighted by atomic mass is 16.5. The van der Waals surface area contributed by atoms with E-state index in [0.29, 0.717) is 28.9 Å². The first-order valence-electron chi connectivity index (χ1n) is 8.71. The van der Waals surface area contributed by atoms with Gasteiger partial charge in [-0.1, -0.05) is 11.6 Å². The topological polar surface area (TPSA) is 79.5 Å². The van der Waals surface area contributed by atoms with Crippen LogP contribution in [-0.2, 0) is 0 Å². The molecule has 1 spiro atoms. The summed E-state index contributed by atoms with van der Waals surface area (Å²) in [5.41, 5.74) is 2.35. The van der Waals surface area contributed by atoms with Gasteiger partial charge in [-0.3, -0.25) is 4.79 Å². The van der Waals surface area contributed by atoms with Crippen molar-refractivity contribution in [3.05, 3.63) is 23.0 Å². The smallest absolute Gasteiger partial charge is 0.258 e. The zero-order valence-corrected chi connectivity index (χ0v) is 14.2. The number of rotatable bonds is 1. The van der Waals surface area contributed by atoms with Gasteiger partial charge in [-0.25, -0.2) is 4.98 Å². The summed E-state index contributed by atoms with van der Waals surface area (Å²) in [7, 11) is 0. The number of hydrogen-bond acceptors (Lipinski definition) is 5. The van der Waals surface area contributed by atoms with Gasteiger partial charge in [0.1, 0.15) is 0 Å². The molecule has 1 amide bonds. The molecule has 0 aromatic carbocycles. The summed E-state index contributed by atoms with van der Waals surface area (Å²) >= 11 is 0. The van der Waals surface area contributed by atoms with Crippen molar-refractivity contribution in [1.82, 2.24) is 15.0 Å². The quantitative estimate of drug-likeness (QED) is 0.870. The van der Waals surface area contributed by atoms with Crippen molar-refractivity contribution in [2.75, 3.05) is 13.1 Å². The van der Waals surface area contributed by atoms with Gasteiger partial charge >= 0.3 is 0 Å². The van der Waals surface area contributed by atoms with Crippen LogP contribution in [0.25, 0.3) is 11.1 Å². The molecule has 2 aromatic rings. The van der Waals surface area contributed by atoms with Gasteiger partial charge in [0.05, 0.1) is 22.7 Å². The first-order chi connectivity index (χ1) is 11.5. The molecule has 1 N–H and O–H groups in total. The molecule has 2 aliphatic rings. The molecule has 0 unspecified atom stereocenters. The van der Waals surface area contributed by atoms with E-state index in [-0.39, 0.29) is 17.4 Å².